The standard InChI is InChI=1S/C22H18FN6OPS.C2H7N/c23-14-7-26-18(16-10(5-24)21(25)32-20(14)16)15-13-9-30-8-12(13)11-6-27-22(28-17(11)19(15)31)29-3-1-2-4-29;1-3-2/h6-7H,1-4,8-9,25,31H2;3H,1-2H3. The van der Waals surface area contributed by atoms with Gasteiger partial charge in [-0.15, -0.1) is 20.6 Å². The van der Waals surface area contributed by atoms with Crippen LogP contribution in [0.15, 0.2) is 12.4 Å². The molecule has 180 valence electrons. The summed E-state index contributed by atoms with van der Waals surface area (Å²) in [6.45, 7) is 2.73. The van der Waals surface area contributed by atoms with E-state index in [1.54, 1.807) is 0 Å². The Bertz CT molecular complexity index is 1490. The molecule has 4 aromatic rings. The second-order valence-corrected chi connectivity index (χ2v) is 10.1. The number of pyridine rings is 1. The van der Waals surface area contributed by atoms with Crippen LogP contribution < -0.4 is 21.3 Å². The van der Waals surface area contributed by atoms with E-state index in [0.29, 0.717) is 34.9 Å². The lowest BCUT2D eigenvalue weighted by Crippen LogP contribution is -2.21. The highest BCUT2D eigenvalue weighted by Crippen LogP contribution is 2.43. The molecular weight excluding hydrogens is 484 g/mol. The summed E-state index contributed by atoms with van der Waals surface area (Å²) in [5.41, 5.74) is 10.4. The molecular formula is C24H25FN7OPS. The minimum Gasteiger partial charge on any atom is -0.389 e. The topological polar surface area (TPSA) is 113 Å². The summed E-state index contributed by atoms with van der Waals surface area (Å²) in [7, 11) is 6.53. The van der Waals surface area contributed by atoms with Gasteiger partial charge in [0, 0.05) is 40.9 Å². The highest BCUT2D eigenvalue weighted by molar-refractivity contribution is 7.29. The molecule has 1 unspecified atom stereocenters. The van der Waals surface area contributed by atoms with Gasteiger partial charge in [-0.1, -0.05) is 0 Å². The molecule has 0 spiro atoms. The van der Waals surface area contributed by atoms with Gasteiger partial charge in [-0.05, 0) is 38.1 Å². The number of nitrogen functional groups attached to an aromatic ring is 1. The van der Waals surface area contributed by atoms with Gasteiger partial charge in [0.1, 0.15) is 11.1 Å². The lowest BCUT2D eigenvalue weighted by molar-refractivity contribution is 0.135. The Labute approximate surface area is 208 Å². The highest BCUT2D eigenvalue weighted by atomic mass is 32.1. The van der Waals surface area contributed by atoms with Gasteiger partial charge in [-0.25, -0.2) is 14.4 Å². The molecule has 8 nitrogen and oxygen atoms in total. The van der Waals surface area contributed by atoms with Crippen LogP contribution in [0.1, 0.15) is 29.5 Å². The van der Waals surface area contributed by atoms with Crippen LogP contribution in [0.25, 0.3) is 32.2 Å². The average Bonchev–Trinajstić information content (AvgIpc) is 3.61. The molecule has 11 heteroatoms. The van der Waals surface area contributed by atoms with Crippen LogP contribution in [0.4, 0.5) is 15.3 Å². The number of anilines is 2. The number of fused-ring (bicyclic) bond motifs is 4. The summed E-state index contributed by atoms with van der Waals surface area (Å²) in [4.78, 5) is 16.2. The average molecular weight is 510 g/mol. The monoisotopic (exact) mass is 509 g/mol. The molecule has 1 aromatic carbocycles. The van der Waals surface area contributed by atoms with Crippen molar-refractivity contribution in [3.8, 4) is 17.3 Å². The molecule has 2 aliphatic heterocycles. The molecule has 1 fully saturated rings. The Hall–Kier alpha value is -2.96. The minimum atomic E-state index is -0.486. The zero-order chi connectivity index (χ0) is 24.7. The van der Waals surface area contributed by atoms with E-state index in [9.17, 15) is 9.65 Å². The van der Waals surface area contributed by atoms with E-state index >= 15 is 0 Å². The number of ether oxygens (including phenoxy) is 1. The van der Waals surface area contributed by atoms with Crippen LogP contribution in [0.2, 0.25) is 0 Å². The Morgan fingerprint density at radius 1 is 1.20 bits per heavy atom. The first-order chi connectivity index (χ1) is 17.0. The smallest absolute Gasteiger partial charge is 0.225 e. The van der Waals surface area contributed by atoms with Crippen molar-refractivity contribution in [3.63, 3.8) is 0 Å². The maximum absolute atomic E-state index is 14.6. The van der Waals surface area contributed by atoms with E-state index in [1.807, 2.05) is 20.3 Å². The molecule has 0 saturated carbocycles. The first kappa shape index (κ1) is 23.8. The Morgan fingerprint density at radius 3 is 2.63 bits per heavy atom. The largest absolute Gasteiger partial charge is 0.389 e. The molecule has 1 saturated heterocycles. The first-order valence-corrected chi connectivity index (χ1v) is 12.7. The lowest BCUT2D eigenvalue weighted by Gasteiger charge is -2.19. The van der Waals surface area contributed by atoms with Gasteiger partial charge < -0.3 is 20.7 Å². The number of nitriles is 1. The van der Waals surface area contributed by atoms with Crippen molar-refractivity contribution in [2.75, 3.05) is 37.8 Å². The van der Waals surface area contributed by atoms with E-state index in [4.69, 9.17) is 15.5 Å². The first-order valence-electron chi connectivity index (χ1n) is 11.3. The molecule has 0 aliphatic carbocycles. The molecule has 35 heavy (non-hydrogen) atoms. The number of hydrogen-bond donors (Lipinski definition) is 2. The fraction of sp³-hybridized carbons (Fsp3) is 0.333. The van der Waals surface area contributed by atoms with Crippen molar-refractivity contribution >= 4 is 57.8 Å². The number of nitrogens with two attached hydrogens (primary N) is 1. The quantitative estimate of drug-likeness (QED) is 0.395. The van der Waals surface area contributed by atoms with Crippen LogP contribution in [0, 0.1) is 17.1 Å². The summed E-state index contributed by atoms with van der Waals surface area (Å²) in [6, 6.07) is 2.13. The van der Waals surface area contributed by atoms with Gasteiger partial charge in [0.25, 0.3) is 0 Å². The van der Waals surface area contributed by atoms with Crippen LogP contribution in [0.3, 0.4) is 0 Å². The number of nitrogens with one attached hydrogen (secondary N) is 1. The fourth-order valence-electron chi connectivity index (χ4n) is 4.70. The minimum absolute atomic E-state index is 0.254. The maximum Gasteiger partial charge on any atom is 0.225 e. The third kappa shape index (κ3) is 3.89. The SMILES string of the molecule is CNC.N#Cc1c(N)sc2c(F)cnc(-c3c4c(c5cnc(N6CCCC6)nc5c3P)COC4)c12. The molecule has 3 N–H and O–H groups in total. The summed E-state index contributed by atoms with van der Waals surface area (Å²) in [5.74, 6) is 0.220. The van der Waals surface area contributed by atoms with Crippen molar-refractivity contribution in [1.82, 2.24) is 20.3 Å². The Balaban J connectivity index is 0.000000806. The van der Waals surface area contributed by atoms with Gasteiger partial charge in [0.2, 0.25) is 5.95 Å². The van der Waals surface area contributed by atoms with Crippen molar-refractivity contribution in [1.29, 1.82) is 5.26 Å². The van der Waals surface area contributed by atoms with Crippen LogP contribution >= 0.6 is 20.6 Å². The maximum atomic E-state index is 14.6. The Kier molecular flexibility index (Phi) is 6.51. The number of nitrogens with zero attached hydrogens (tertiary/aromatic N) is 5. The lowest BCUT2D eigenvalue weighted by atomic mass is 9.94. The highest BCUT2D eigenvalue weighted by Gasteiger charge is 2.28. The van der Waals surface area contributed by atoms with Crippen molar-refractivity contribution in [2.45, 2.75) is 26.1 Å². The van der Waals surface area contributed by atoms with Crippen molar-refractivity contribution in [3.05, 3.63) is 34.9 Å². The molecule has 3 aromatic heterocycles. The summed E-state index contributed by atoms with van der Waals surface area (Å²) >= 11 is 1.07. The van der Waals surface area contributed by atoms with Gasteiger partial charge in [-0.3, -0.25) is 4.98 Å². The number of aromatic nitrogens is 3. The normalized spacial score (nSPS) is 14.8. The van der Waals surface area contributed by atoms with Gasteiger partial charge in [0.05, 0.1) is 40.9 Å². The van der Waals surface area contributed by atoms with Gasteiger partial charge in [0.15, 0.2) is 5.82 Å². The zero-order valence-corrected chi connectivity index (χ0v) is 21.5. The Morgan fingerprint density at radius 2 is 1.91 bits per heavy atom. The van der Waals surface area contributed by atoms with Crippen LogP contribution in [-0.4, -0.2) is 42.1 Å². The molecule has 0 amide bonds. The van der Waals surface area contributed by atoms with Crippen LogP contribution in [-0.2, 0) is 18.0 Å². The molecule has 1 atom stereocenters. The zero-order valence-electron chi connectivity index (χ0n) is 19.5. The van der Waals surface area contributed by atoms with E-state index in [1.165, 1.54) is 6.20 Å². The van der Waals surface area contributed by atoms with E-state index < -0.39 is 5.82 Å². The van der Waals surface area contributed by atoms with Gasteiger partial charge in [-0.2, -0.15) is 5.26 Å². The number of benzene rings is 1. The number of rotatable bonds is 2. The third-order valence-electron chi connectivity index (χ3n) is 6.22. The van der Waals surface area contributed by atoms with Crippen molar-refractivity contribution < 1.29 is 9.13 Å². The second-order valence-electron chi connectivity index (χ2n) is 8.48. The fourth-order valence-corrected chi connectivity index (χ4v) is 6.15. The molecule has 0 bridgehead atoms. The van der Waals surface area contributed by atoms with Crippen molar-refractivity contribution in [2.24, 2.45) is 0 Å². The third-order valence-corrected chi connectivity index (χ3v) is 7.81. The summed E-state index contributed by atoms with van der Waals surface area (Å²) < 4.78 is 20.7. The van der Waals surface area contributed by atoms with E-state index in [-0.39, 0.29) is 10.6 Å². The molecule has 5 heterocycles. The summed E-state index contributed by atoms with van der Waals surface area (Å²) in [5, 5.41) is 15.0. The van der Waals surface area contributed by atoms with E-state index in [0.717, 1.165) is 70.2 Å². The number of halogens is 1. The number of thiophene rings is 1. The predicted octanol–water partition coefficient (Wildman–Crippen LogP) is 3.47. The molecule has 2 aliphatic rings. The van der Waals surface area contributed by atoms with Gasteiger partial charge >= 0.3 is 0 Å². The molecule has 6 rings (SSSR count). The van der Waals surface area contributed by atoms with Crippen LogP contribution in [0.5, 0.6) is 0 Å². The second kappa shape index (κ2) is 9.59. The van der Waals surface area contributed by atoms with E-state index in [2.05, 4.69) is 35.5 Å². The molecule has 0 radical (unpaired) electrons. The number of hydrogen-bond acceptors (Lipinski definition) is 9. The predicted molar refractivity (Wildman–Crippen MR) is 142 cm³/mol. The summed E-state index contributed by atoms with van der Waals surface area (Å²) in [6.07, 6.45) is 5.33.